The van der Waals surface area contributed by atoms with E-state index in [1.165, 1.54) is 27.7 Å². The van der Waals surface area contributed by atoms with Gasteiger partial charge in [-0.25, -0.2) is 0 Å². The molecule has 0 rings (SSSR count). The Morgan fingerprint density at radius 2 is 0.532 bits per heavy atom. The van der Waals surface area contributed by atoms with Gasteiger partial charge in [0.2, 0.25) is 0 Å². The number of hydrogen-bond acceptors (Lipinski definition) is 12. The molecule has 0 unspecified atom stereocenters. The molecule has 0 bridgehead atoms. The monoisotopic (exact) mass is 1120 g/mol. The van der Waals surface area contributed by atoms with Crippen LogP contribution in [0, 0.1) is 96.7 Å². The van der Waals surface area contributed by atoms with Crippen molar-refractivity contribution in [2.75, 3.05) is 0 Å². The molecule has 8 N–H and O–H groups in total. The van der Waals surface area contributed by atoms with Crippen LogP contribution in [0.4, 0.5) is 0 Å². The maximum absolute atomic E-state index is 10.7. The minimum atomic E-state index is -0.708. The van der Waals surface area contributed by atoms with E-state index in [9.17, 15) is 60.0 Å². The van der Waals surface area contributed by atoms with E-state index in [2.05, 4.69) is 71.0 Å². The third kappa shape index (κ3) is 80.5. The smallest absolute Gasteiger partial charge is 0.129 e. The zero-order chi connectivity index (χ0) is 58.0. The van der Waals surface area contributed by atoms with Gasteiger partial charge in [-0.2, -0.15) is 27.0 Å². The summed E-state index contributed by atoms with van der Waals surface area (Å²) in [5, 5.41) is 75.0. The fourth-order valence-corrected chi connectivity index (χ4v) is 4.98. The molecule has 0 saturated carbocycles. The second-order valence-corrected chi connectivity index (χ2v) is 16.5. The normalized spacial score (nSPS) is 13.3. The number of aliphatic hydroxyl groups is 8. The lowest BCUT2D eigenvalue weighted by atomic mass is 10.1. The maximum Gasteiger partial charge on any atom is 0.129 e. The van der Waals surface area contributed by atoms with Crippen LogP contribution < -0.4 is 0 Å². The molecular weight excluding hydrogens is 1040 g/mol. The van der Waals surface area contributed by atoms with Gasteiger partial charge in [-0.15, -0.1) is 49.4 Å². The number of carbonyl (C=O) groups is 4. The van der Waals surface area contributed by atoms with Crippen LogP contribution in [0.3, 0.4) is 0 Å². The first-order valence-electron chi connectivity index (χ1n) is 24.8. The van der Waals surface area contributed by atoms with Crippen LogP contribution in [0.2, 0.25) is 0 Å². The number of aliphatic hydroxyl groups excluding tert-OH is 8. The number of terminal acetylenes is 4. The molecule has 0 amide bonds. The summed E-state index contributed by atoms with van der Waals surface area (Å²) >= 11 is 0. The second-order valence-electron chi connectivity index (χ2n) is 16.5. The quantitative estimate of drug-likeness (QED) is 0.0285. The van der Waals surface area contributed by atoms with Gasteiger partial charge >= 0.3 is 0 Å². The van der Waals surface area contributed by atoms with Crippen molar-refractivity contribution < 1.29 is 60.0 Å². The van der Waals surface area contributed by atoms with E-state index in [0.29, 0.717) is 77.0 Å². The zero-order valence-electron chi connectivity index (χ0n) is 45.7. The summed E-state index contributed by atoms with van der Waals surface area (Å²) in [7, 11) is 0. The molecule has 0 saturated heterocycles. The molecular formula is C65H88O12S2. The van der Waals surface area contributed by atoms with Crippen molar-refractivity contribution in [2.45, 2.75) is 187 Å². The minimum absolute atomic E-state index is 0. The van der Waals surface area contributed by atoms with Gasteiger partial charge in [-0.1, -0.05) is 128 Å². The topological polar surface area (TPSA) is 230 Å². The summed E-state index contributed by atoms with van der Waals surface area (Å²) in [6, 6.07) is 0. The Balaban J connectivity index is -0.000000173. The van der Waals surface area contributed by atoms with Crippen molar-refractivity contribution in [2.24, 2.45) is 0 Å². The van der Waals surface area contributed by atoms with Crippen molar-refractivity contribution in [3.8, 4) is 96.7 Å². The van der Waals surface area contributed by atoms with E-state index in [0.717, 1.165) is 0 Å². The highest BCUT2D eigenvalue weighted by atomic mass is 32.1. The summed E-state index contributed by atoms with van der Waals surface area (Å²) in [6.45, 7) is 6.12. The molecule has 0 fully saturated rings. The van der Waals surface area contributed by atoms with Gasteiger partial charge in [-0.3, -0.25) is 0 Å². The third-order valence-electron chi connectivity index (χ3n) is 8.83. The predicted molar refractivity (Wildman–Crippen MR) is 332 cm³/mol. The van der Waals surface area contributed by atoms with Crippen molar-refractivity contribution >= 4 is 50.1 Å². The van der Waals surface area contributed by atoms with Gasteiger partial charge in [0, 0.05) is 51.4 Å². The molecule has 0 aliphatic heterocycles. The van der Waals surface area contributed by atoms with Crippen LogP contribution in [-0.4, -0.2) is 113 Å². The Hall–Kier alpha value is -6.54. The second kappa shape index (κ2) is 65.7. The number of Topliss-reactive ketones (excluding diaryl/α,β-unsaturated/α-hetero) is 4. The first-order chi connectivity index (χ1) is 36.2. The van der Waals surface area contributed by atoms with E-state index in [-0.39, 0.29) is 83.2 Å². The summed E-state index contributed by atoms with van der Waals surface area (Å²) in [5.41, 5.74) is 0. The fraction of sp³-hybridized carbons (Fsp3) is 0.446. The standard InChI is InChI=1S/4C16H20O3.CH4.2H2S/c4*1-3-9-15(18)11-6-4-5-7-12-16(19)13-8-10-14(2)17;;;/h4*1,4-6,11,15-16,18-19H,8-10,13H2,2H3;1H4;2*1H2/b4*5-4+,11-6+;;;/t4*15-,16+;;;/m1100.../s1. The van der Waals surface area contributed by atoms with Gasteiger partial charge in [0.15, 0.2) is 0 Å². The van der Waals surface area contributed by atoms with Crippen molar-refractivity contribution in [3.05, 3.63) is 97.2 Å². The highest BCUT2D eigenvalue weighted by Crippen LogP contribution is 2.04. The molecule has 0 aliphatic carbocycles. The Bertz CT molecular complexity index is 2000. The molecule has 0 aromatic heterocycles. The zero-order valence-corrected chi connectivity index (χ0v) is 47.7. The lowest BCUT2D eigenvalue weighted by Gasteiger charge is -2.00. The summed E-state index contributed by atoms with van der Waals surface area (Å²) < 4.78 is 0. The van der Waals surface area contributed by atoms with Crippen molar-refractivity contribution in [1.29, 1.82) is 0 Å². The maximum atomic E-state index is 10.7. The molecule has 0 aromatic carbocycles. The first-order valence-corrected chi connectivity index (χ1v) is 24.8. The molecule has 0 heterocycles. The molecule has 0 spiro atoms. The van der Waals surface area contributed by atoms with E-state index < -0.39 is 48.8 Å². The SMILES string of the molecule is C.C#CC[C@@H](O)/C=C/C=C/C#C[C@H](O)CCCC(C)=O.C#CC[C@@H](O)/C=C/C=C/C#C[C@H](O)CCCC(C)=O.C#CC[C@H](O)/C=C/C=C/C#C[C@@H](O)CCCC(C)=O.C#CC[C@H](O)/C=C/C=C/C#C[C@@H](O)CCCC(C)=O.S.S. The summed E-state index contributed by atoms with van der Waals surface area (Å²) in [5.74, 6) is 31.2. The van der Waals surface area contributed by atoms with Crippen molar-refractivity contribution in [3.63, 3.8) is 0 Å². The molecule has 0 radical (unpaired) electrons. The van der Waals surface area contributed by atoms with Gasteiger partial charge < -0.3 is 60.0 Å². The van der Waals surface area contributed by atoms with Gasteiger partial charge in [-0.05, 0) is 103 Å². The van der Waals surface area contributed by atoms with Crippen LogP contribution in [0.1, 0.15) is 138 Å². The molecule has 8 atom stereocenters. The van der Waals surface area contributed by atoms with E-state index in [1.54, 1.807) is 97.2 Å². The van der Waals surface area contributed by atoms with E-state index in [4.69, 9.17) is 25.7 Å². The summed E-state index contributed by atoms with van der Waals surface area (Å²) in [4.78, 5) is 42.8. The van der Waals surface area contributed by atoms with Crippen LogP contribution in [0.5, 0.6) is 0 Å². The van der Waals surface area contributed by atoms with Crippen LogP contribution >= 0.6 is 27.0 Å². The van der Waals surface area contributed by atoms with E-state index in [1.807, 2.05) is 0 Å². The lowest BCUT2D eigenvalue weighted by molar-refractivity contribution is -0.118. The van der Waals surface area contributed by atoms with Gasteiger partial charge in [0.05, 0.1) is 24.4 Å². The fourth-order valence-electron chi connectivity index (χ4n) is 4.98. The van der Waals surface area contributed by atoms with Gasteiger partial charge in [0.1, 0.15) is 47.5 Å². The van der Waals surface area contributed by atoms with Crippen LogP contribution in [0.15, 0.2) is 97.2 Å². The number of ketones is 4. The Kier molecular flexibility index (Phi) is 71.9. The molecule has 12 nitrogen and oxygen atoms in total. The molecule has 14 heteroatoms. The highest BCUT2D eigenvalue weighted by molar-refractivity contribution is 7.59. The Morgan fingerprint density at radius 3 is 0.684 bits per heavy atom. The number of allylic oxidation sites excluding steroid dienone is 12. The largest absolute Gasteiger partial charge is 0.388 e. The van der Waals surface area contributed by atoms with E-state index >= 15 is 0 Å². The van der Waals surface area contributed by atoms with Crippen molar-refractivity contribution in [1.82, 2.24) is 0 Å². The number of rotatable bonds is 28. The Labute approximate surface area is 488 Å². The van der Waals surface area contributed by atoms with Crippen LogP contribution in [0.25, 0.3) is 0 Å². The first kappa shape index (κ1) is 86.4. The molecule has 432 valence electrons. The predicted octanol–water partition coefficient (Wildman–Crippen LogP) is 7.29. The minimum Gasteiger partial charge on any atom is -0.388 e. The Morgan fingerprint density at radius 1 is 0.354 bits per heavy atom. The average molecular weight is 1130 g/mol. The summed E-state index contributed by atoms with van der Waals surface area (Å²) in [6.07, 6.45) is 48.2. The third-order valence-corrected chi connectivity index (χ3v) is 8.83. The molecule has 0 aliphatic rings. The molecule has 0 aromatic rings. The number of hydrogen-bond donors (Lipinski definition) is 8. The lowest BCUT2D eigenvalue weighted by Crippen LogP contribution is -2.03. The number of carbonyl (C=O) groups excluding carboxylic acids is 4. The van der Waals surface area contributed by atoms with Crippen LogP contribution in [-0.2, 0) is 19.2 Å². The van der Waals surface area contributed by atoms with Gasteiger partial charge in [0.25, 0.3) is 0 Å². The molecule has 79 heavy (non-hydrogen) atoms. The average Bonchev–Trinajstić information content (AvgIpc) is 3.34. The highest BCUT2D eigenvalue weighted by Gasteiger charge is 2.03.